The second-order valence-electron chi connectivity index (χ2n) is 6.16. The van der Waals surface area contributed by atoms with Gasteiger partial charge in [0, 0.05) is 13.1 Å². The van der Waals surface area contributed by atoms with Gasteiger partial charge in [0.25, 0.3) is 5.91 Å². The van der Waals surface area contributed by atoms with E-state index in [4.69, 9.17) is 4.74 Å². The number of hydrogen-bond donors (Lipinski definition) is 0. The Hall–Kier alpha value is -3.07. The molecule has 0 N–H and O–H groups in total. The summed E-state index contributed by atoms with van der Waals surface area (Å²) in [6, 6.07) is 25.3. The molecule has 1 amide bonds. The lowest BCUT2D eigenvalue weighted by Crippen LogP contribution is -2.36. The van der Waals surface area contributed by atoms with Gasteiger partial charge in [0.15, 0.2) is 0 Å². The normalized spacial score (nSPS) is 13.2. The fourth-order valence-electron chi connectivity index (χ4n) is 3.19. The average molecular weight is 329 g/mol. The van der Waals surface area contributed by atoms with Crippen LogP contribution in [0.3, 0.4) is 0 Å². The van der Waals surface area contributed by atoms with Crippen molar-refractivity contribution in [3.63, 3.8) is 0 Å². The summed E-state index contributed by atoms with van der Waals surface area (Å²) in [7, 11) is 0. The predicted molar refractivity (Wildman–Crippen MR) is 97.8 cm³/mol. The van der Waals surface area contributed by atoms with Crippen LogP contribution in [0, 0.1) is 0 Å². The summed E-state index contributed by atoms with van der Waals surface area (Å²) in [5.41, 5.74) is 3.16. The molecule has 0 saturated carbocycles. The Bertz CT molecular complexity index is 889. The molecule has 124 valence electrons. The summed E-state index contributed by atoms with van der Waals surface area (Å²) in [6.45, 7) is 1.38. The predicted octanol–water partition coefficient (Wildman–Crippen LogP) is 4.68. The Labute approximate surface area is 147 Å². The highest BCUT2D eigenvalue weighted by atomic mass is 16.5. The van der Waals surface area contributed by atoms with Gasteiger partial charge in [-0.2, -0.15) is 0 Å². The molecule has 1 aliphatic heterocycles. The monoisotopic (exact) mass is 329 g/mol. The van der Waals surface area contributed by atoms with E-state index in [0.717, 1.165) is 18.7 Å². The number of rotatable bonds is 3. The standard InChI is InChI=1S/C22H19NO2/c24-22(23-15-14-17-8-4-5-9-18(17)16-23)20-12-6-7-13-21(20)25-19-10-2-1-3-11-19/h1-13H,14-16H2. The first kappa shape index (κ1) is 15.5. The van der Waals surface area contributed by atoms with E-state index in [1.165, 1.54) is 11.1 Å². The Balaban J connectivity index is 1.59. The van der Waals surface area contributed by atoms with Gasteiger partial charge in [0.2, 0.25) is 0 Å². The number of fused-ring (bicyclic) bond motifs is 1. The van der Waals surface area contributed by atoms with Crippen LogP contribution in [-0.2, 0) is 13.0 Å². The van der Waals surface area contributed by atoms with Crippen molar-refractivity contribution in [1.82, 2.24) is 4.90 Å². The molecule has 0 aromatic heterocycles. The van der Waals surface area contributed by atoms with Gasteiger partial charge in [-0.05, 0) is 41.8 Å². The van der Waals surface area contributed by atoms with E-state index in [1.54, 1.807) is 0 Å². The quantitative estimate of drug-likeness (QED) is 0.698. The molecule has 3 nitrogen and oxygen atoms in total. The zero-order valence-corrected chi connectivity index (χ0v) is 13.9. The fraction of sp³-hybridized carbons (Fsp3) is 0.136. The van der Waals surface area contributed by atoms with Crippen LogP contribution >= 0.6 is 0 Å². The van der Waals surface area contributed by atoms with Gasteiger partial charge in [-0.3, -0.25) is 4.79 Å². The summed E-state index contributed by atoms with van der Waals surface area (Å²) in [5, 5.41) is 0. The maximum absolute atomic E-state index is 13.1. The summed E-state index contributed by atoms with van der Waals surface area (Å²) < 4.78 is 5.94. The molecule has 1 aliphatic rings. The van der Waals surface area contributed by atoms with E-state index in [9.17, 15) is 4.79 Å². The number of nitrogens with zero attached hydrogens (tertiary/aromatic N) is 1. The van der Waals surface area contributed by atoms with Gasteiger partial charge in [-0.15, -0.1) is 0 Å². The van der Waals surface area contributed by atoms with Crippen LogP contribution in [0.5, 0.6) is 11.5 Å². The van der Waals surface area contributed by atoms with Crippen molar-refractivity contribution in [2.45, 2.75) is 13.0 Å². The van der Waals surface area contributed by atoms with Crippen molar-refractivity contribution >= 4 is 5.91 Å². The van der Waals surface area contributed by atoms with E-state index in [2.05, 4.69) is 18.2 Å². The molecular weight excluding hydrogens is 310 g/mol. The number of carbonyl (C=O) groups is 1. The van der Waals surface area contributed by atoms with Crippen LogP contribution in [0.15, 0.2) is 78.9 Å². The lowest BCUT2D eigenvalue weighted by molar-refractivity contribution is 0.0732. The Morgan fingerprint density at radius 1 is 0.800 bits per heavy atom. The number of hydrogen-bond acceptors (Lipinski definition) is 2. The van der Waals surface area contributed by atoms with Gasteiger partial charge in [0.05, 0.1) is 5.56 Å². The van der Waals surface area contributed by atoms with Crippen LogP contribution in [0.25, 0.3) is 0 Å². The van der Waals surface area contributed by atoms with Gasteiger partial charge >= 0.3 is 0 Å². The molecule has 0 aliphatic carbocycles. The third kappa shape index (κ3) is 3.26. The molecule has 3 heteroatoms. The van der Waals surface area contributed by atoms with Crippen LogP contribution in [0.4, 0.5) is 0 Å². The summed E-state index contributed by atoms with van der Waals surface area (Å²) >= 11 is 0. The van der Waals surface area contributed by atoms with Gasteiger partial charge in [0.1, 0.15) is 11.5 Å². The van der Waals surface area contributed by atoms with Gasteiger partial charge in [-0.1, -0.05) is 54.6 Å². The molecule has 4 rings (SSSR count). The maximum Gasteiger partial charge on any atom is 0.257 e. The number of ether oxygens (including phenoxy) is 1. The largest absolute Gasteiger partial charge is 0.457 e. The minimum atomic E-state index is 0.0148. The van der Waals surface area contributed by atoms with Crippen molar-refractivity contribution in [3.05, 3.63) is 95.6 Å². The minimum Gasteiger partial charge on any atom is -0.457 e. The molecule has 0 spiro atoms. The second kappa shape index (κ2) is 6.81. The number of para-hydroxylation sites is 2. The van der Waals surface area contributed by atoms with Crippen molar-refractivity contribution in [3.8, 4) is 11.5 Å². The third-order valence-corrected chi connectivity index (χ3v) is 4.51. The zero-order valence-electron chi connectivity index (χ0n) is 13.9. The van der Waals surface area contributed by atoms with Crippen molar-refractivity contribution < 1.29 is 9.53 Å². The maximum atomic E-state index is 13.1. The lowest BCUT2D eigenvalue weighted by Gasteiger charge is -2.29. The van der Waals surface area contributed by atoms with Crippen molar-refractivity contribution in [2.75, 3.05) is 6.54 Å². The third-order valence-electron chi connectivity index (χ3n) is 4.51. The summed E-state index contributed by atoms with van der Waals surface area (Å²) in [5.74, 6) is 1.34. The Kier molecular flexibility index (Phi) is 4.21. The number of benzene rings is 3. The molecule has 3 aromatic rings. The SMILES string of the molecule is O=C(c1ccccc1Oc1ccccc1)N1CCc2ccccc2C1. The number of carbonyl (C=O) groups excluding carboxylic acids is 1. The van der Waals surface area contributed by atoms with E-state index < -0.39 is 0 Å². The highest BCUT2D eigenvalue weighted by molar-refractivity contribution is 5.97. The Morgan fingerprint density at radius 3 is 2.32 bits per heavy atom. The van der Waals surface area contributed by atoms with E-state index >= 15 is 0 Å². The van der Waals surface area contributed by atoms with E-state index in [0.29, 0.717) is 17.9 Å². The molecule has 25 heavy (non-hydrogen) atoms. The number of amides is 1. The molecule has 3 aromatic carbocycles. The molecule has 0 fully saturated rings. The van der Waals surface area contributed by atoms with Crippen molar-refractivity contribution in [2.24, 2.45) is 0 Å². The van der Waals surface area contributed by atoms with E-state index in [1.807, 2.05) is 65.6 Å². The zero-order chi connectivity index (χ0) is 17.1. The lowest BCUT2D eigenvalue weighted by atomic mass is 9.99. The molecule has 0 saturated heterocycles. The first-order chi connectivity index (χ1) is 12.3. The molecule has 1 heterocycles. The molecule has 0 atom stereocenters. The van der Waals surface area contributed by atoms with Crippen LogP contribution in [0.1, 0.15) is 21.5 Å². The highest BCUT2D eigenvalue weighted by Gasteiger charge is 2.23. The minimum absolute atomic E-state index is 0.0148. The summed E-state index contributed by atoms with van der Waals surface area (Å²) in [6.07, 6.45) is 0.892. The average Bonchev–Trinajstić information content (AvgIpc) is 2.68. The van der Waals surface area contributed by atoms with Crippen molar-refractivity contribution in [1.29, 1.82) is 0 Å². The first-order valence-electron chi connectivity index (χ1n) is 8.49. The first-order valence-corrected chi connectivity index (χ1v) is 8.49. The highest BCUT2D eigenvalue weighted by Crippen LogP contribution is 2.28. The van der Waals surface area contributed by atoms with Crippen LogP contribution in [-0.4, -0.2) is 17.4 Å². The molecular formula is C22H19NO2. The van der Waals surface area contributed by atoms with Crippen LogP contribution in [0.2, 0.25) is 0 Å². The summed E-state index contributed by atoms with van der Waals surface area (Å²) in [4.78, 5) is 15.0. The smallest absolute Gasteiger partial charge is 0.257 e. The van der Waals surface area contributed by atoms with Gasteiger partial charge < -0.3 is 9.64 Å². The molecule has 0 bridgehead atoms. The molecule has 0 radical (unpaired) electrons. The second-order valence-corrected chi connectivity index (χ2v) is 6.16. The van der Waals surface area contributed by atoms with Crippen LogP contribution < -0.4 is 4.74 Å². The Morgan fingerprint density at radius 2 is 1.48 bits per heavy atom. The topological polar surface area (TPSA) is 29.5 Å². The molecule has 0 unspecified atom stereocenters. The van der Waals surface area contributed by atoms with Gasteiger partial charge in [-0.25, -0.2) is 0 Å². The van der Waals surface area contributed by atoms with E-state index in [-0.39, 0.29) is 5.91 Å². The fourth-order valence-corrected chi connectivity index (χ4v) is 3.19.